The van der Waals surface area contributed by atoms with E-state index in [-0.39, 0.29) is 0 Å². The van der Waals surface area contributed by atoms with E-state index in [0.29, 0.717) is 19.1 Å². The molecule has 1 unspecified atom stereocenters. The second-order valence-electron chi connectivity index (χ2n) is 6.64. The van der Waals surface area contributed by atoms with Crippen molar-refractivity contribution in [3.63, 3.8) is 0 Å². The Hall–Kier alpha value is -1.98. The number of benzene rings is 1. The highest BCUT2D eigenvalue weighted by Crippen LogP contribution is 2.46. The van der Waals surface area contributed by atoms with Gasteiger partial charge in [-0.15, -0.1) is 21.5 Å². The third kappa shape index (κ3) is 1.95. The van der Waals surface area contributed by atoms with Gasteiger partial charge in [-0.25, -0.2) is 0 Å². The topological polar surface area (TPSA) is 39.9 Å². The Morgan fingerprint density at radius 3 is 2.96 bits per heavy atom. The van der Waals surface area contributed by atoms with Gasteiger partial charge in [0.2, 0.25) is 0 Å². The van der Waals surface area contributed by atoms with E-state index in [9.17, 15) is 0 Å². The summed E-state index contributed by atoms with van der Waals surface area (Å²) in [5.41, 5.74) is 5.80. The fraction of sp³-hybridized carbons (Fsp3) is 0.368. The van der Waals surface area contributed by atoms with Gasteiger partial charge >= 0.3 is 0 Å². The maximum absolute atomic E-state index is 5.95. The van der Waals surface area contributed by atoms with E-state index < -0.39 is 0 Å². The molecule has 1 aliphatic heterocycles. The number of aromatic nitrogens is 3. The lowest BCUT2D eigenvalue weighted by atomic mass is 9.90. The molecule has 3 heterocycles. The molecule has 1 aliphatic carbocycles. The highest BCUT2D eigenvalue weighted by atomic mass is 32.1. The van der Waals surface area contributed by atoms with Gasteiger partial charge in [0, 0.05) is 16.4 Å². The Morgan fingerprint density at radius 1 is 1.17 bits per heavy atom. The van der Waals surface area contributed by atoms with Gasteiger partial charge in [0.15, 0.2) is 5.82 Å². The summed E-state index contributed by atoms with van der Waals surface area (Å²) in [4.78, 5) is 1.39. The molecule has 0 bridgehead atoms. The molecule has 0 amide bonds. The second-order valence-corrected chi connectivity index (χ2v) is 7.84. The van der Waals surface area contributed by atoms with E-state index in [0.717, 1.165) is 11.6 Å². The number of nitrogens with zero attached hydrogens (tertiary/aromatic N) is 3. The molecule has 0 saturated carbocycles. The first-order valence-electron chi connectivity index (χ1n) is 8.43. The van der Waals surface area contributed by atoms with Gasteiger partial charge < -0.3 is 4.74 Å². The molecule has 2 aliphatic rings. The lowest BCUT2D eigenvalue weighted by Crippen LogP contribution is -2.03. The van der Waals surface area contributed by atoms with Crippen molar-refractivity contribution in [2.45, 2.75) is 45.8 Å². The van der Waals surface area contributed by atoms with Crippen molar-refractivity contribution in [3.05, 3.63) is 63.0 Å². The van der Waals surface area contributed by atoms with Crippen molar-refractivity contribution in [3.8, 4) is 5.00 Å². The number of rotatable bonds is 1. The van der Waals surface area contributed by atoms with Crippen molar-refractivity contribution in [1.82, 2.24) is 14.8 Å². The second kappa shape index (κ2) is 5.26. The molecule has 0 radical (unpaired) electrons. The Balaban J connectivity index is 1.71. The van der Waals surface area contributed by atoms with Crippen LogP contribution in [0.4, 0.5) is 0 Å². The highest BCUT2D eigenvalue weighted by Gasteiger charge is 2.32. The average Bonchev–Trinajstić information content (AvgIpc) is 3.21. The predicted molar refractivity (Wildman–Crippen MR) is 93.8 cm³/mol. The summed E-state index contributed by atoms with van der Waals surface area (Å²) < 4.78 is 8.13. The first-order chi connectivity index (χ1) is 11.7. The molecule has 0 fully saturated rings. The SMILES string of the molecule is Cc1sc2c(c1C1CCc3ccccc31)COCc1nnc(C)n1-2. The van der Waals surface area contributed by atoms with Crippen molar-refractivity contribution >= 4 is 11.3 Å². The molecule has 1 aromatic carbocycles. The van der Waals surface area contributed by atoms with Crippen LogP contribution in [0.5, 0.6) is 0 Å². The Kier molecular flexibility index (Phi) is 3.15. The van der Waals surface area contributed by atoms with Crippen LogP contribution >= 0.6 is 11.3 Å². The number of ether oxygens (including phenoxy) is 1. The summed E-state index contributed by atoms with van der Waals surface area (Å²) in [6, 6.07) is 8.88. The summed E-state index contributed by atoms with van der Waals surface area (Å²) in [6.45, 7) is 5.46. The van der Waals surface area contributed by atoms with Crippen LogP contribution in [-0.2, 0) is 24.4 Å². The molecule has 4 nitrogen and oxygen atoms in total. The van der Waals surface area contributed by atoms with Crippen LogP contribution in [0.15, 0.2) is 24.3 Å². The lowest BCUT2D eigenvalue weighted by molar-refractivity contribution is 0.104. The van der Waals surface area contributed by atoms with Gasteiger partial charge in [-0.1, -0.05) is 24.3 Å². The predicted octanol–water partition coefficient (Wildman–Crippen LogP) is 4.05. The Morgan fingerprint density at radius 2 is 2.04 bits per heavy atom. The fourth-order valence-corrected chi connectivity index (χ4v) is 5.52. The minimum Gasteiger partial charge on any atom is -0.369 e. The molecule has 0 N–H and O–H groups in total. The Labute approximate surface area is 145 Å². The van der Waals surface area contributed by atoms with Gasteiger partial charge in [0.05, 0.1) is 6.61 Å². The third-order valence-corrected chi connectivity index (χ3v) is 6.41. The quantitative estimate of drug-likeness (QED) is 0.672. The average molecular weight is 337 g/mol. The monoisotopic (exact) mass is 337 g/mol. The van der Waals surface area contributed by atoms with Crippen LogP contribution in [0.2, 0.25) is 0 Å². The van der Waals surface area contributed by atoms with Gasteiger partial charge in [-0.2, -0.15) is 0 Å². The number of hydrogen-bond donors (Lipinski definition) is 0. The van der Waals surface area contributed by atoms with Gasteiger partial charge in [0.25, 0.3) is 0 Å². The molecule has 1 atom stereocenters. The Bertz CT molecular complexity index is 940. The van der Waals surface area contributed by atoms with E-state index in [2.05, 4.69) is 46.0 Å². The van der Waals surface area contributed by atoms with Crippen LogP contribution in [0.3, 0.4) is 0 Å². The van der Waals surface area contributed by atoms with E-state index in [1.807, 2.05) is 18.3 Å². The zero-order chi connectivity index (χ0) is 16.3. The van der Waals surface area contributed by atoms with E-state index in [4.69, 9.17) is 4.74 Å². The molecular formula is C19H19N3OS. The van der Waals surface area contributed by atoms with Crippen LogP contribution < -0.4 is 0 Å². The number of thiophene rings is 1. The van der Waals surface area contributed by atoms with Crippen molar-refractivity contribution in [2.24, 2.45) is 0 Å². The molecule has 5 rings (SSSR count). The van der Waals surface area contributed by atoms with Gasteiger partial charge in [-0.05, 0) is 43.4 Å². The molecule has 3 aromatic rings. The van der Waals surface area contributed by atoms with Gasteiger partial charge in [-0.3, -0.25) is 4.57 Å². The largest absolute Gasteiger partial charge is 0.369 e. The fourth-order valence-electron chi connectivity index (χ4n) is 4.23. The zero-order valence-corrected chi connectivity index (χ0v) is 14.7. The number of fused-ring (bicyclic) bond motifs is 4. The number of aryl methyl sites for hydroxylation is 3. The molecule has 2 aromatic heterocycles. The molecule has 0 spiro atoms. The van der Waals surface area contributed by atoms with E-state index in [1.165, 1.54) is 45.0 Å². The molecule has 0 saturated heterocycles. The van der Waals surface area contributed by atoms with Crippen LogP contribution in [0, 0.1) is 13.8 Å². The normalized spacial score (nSPS) is 18.8. The smallest absolute Gasteiger partial charge is 0.164 e. The standard InChI is InChI=1S/C19H19N3OS/c1-11-18(15-8-7-13-5-3-4-6-14(13)15)16-9-23-10-17-21-20-12(2)22(17)19(16)24-11/h3-6,15H,7-10H2,1-2H3. The molecule has 122 valence electrons. The van der Waals surface area contributed by atoms with Crippen molar-refractivity contribution in [2.75, 3.05) is 0 Å². The minimum absolute atomic E-state index is 0.489. The van der Waals surface area contributed by atoms with Crippen molar-refractivity contribution < 1.29 is 4.74 Å². The summed E-state index contributed by atoms with van der Waals surface area (Å²) >= 11 is 1.86. The van der Waals surface area contributed by atoms with E-state index in [1.54, 1.807) is 0 Å². The highest BCUT2D eigenvalue weighted by molar-refractivity contribution is 7.14. The minimum atomic E-state index is 0.489. The van der Waals surface area contributed by atoms with E-state index >= 15 is 0 Å². The maximum Gasteiger partial charge on any atom is 0.164 e. The number of hydrogen-bond acceptors (Lipinski definition) is 4. The molecule has 5 heteroatoms. The van der Waals surface area contributed by atoms with Crippen LogP contribution in [0.25, 0.3) is 5.00 Å². The van der Waals surface area contributed by atoms with Crippen molar-refractivity contribution in [1.29, 1.82) is 0 Å². The third-order valence-electron chi connectivity index (χ3n) is 5.27. The summed E-state index contributed by atoms with van der Waals surface area (Å²) in [7, 11) is 0. The summed E-state index contributed by atoms with van der Waals surface area (Å²) in [5.74, 6) is 2.34. The maximum atomic E-state index is 5.95. The zero-order valence-electron chi connectivity index (χ0n) is 13.9. The summed E-state index contributed by atoms with van der Waals surface area (Å²) in [6.07, 6.45) is 2.36. The van der Waals surface area contributed by atoms with Crippen LogP contribution in [-0.4, -0.2) is 14.8 Å². The van der Waals surface area contributed by atoms with Gasteiger partial charge in [0.1, 0.15) is 17.4 Å². The molecule has 24 heavy (non-hydrogen) atoms. The lowest BCUT2D eigenvalue weighted by Gasteiger charge is -2.15. The summed E-state index contributed by atoms with van der Waals surface area (Å²) in [5, 5.41) is 9.78. The van der Waals surface area contributed by atoms with Crippen LogP contribution in [0.1, 0.15) is 51.1 Å². The molecular weight excluding hydrogens is 318 g/mol. The first kappa shape index (κ1) is 14.4. The first-order valence-corrected chi connectivity index (χ1v) is 9.24.